The van der Waals surface area contributed by atoms with Gasteiger partial charge in [-0.15, -0.1) is 0 Å². The van der Waals surface area contributed by atoms with Gasteiger partial charge in [0, 0.05) is 19.1 Å². The molecule has 3 atom stereocenters. The Kier molecular flexibility index (Phi) is 4.35. The van der Waals surface area contributed by atoms with Crippen molar-refractivity contribution in [3.63, 3.8) is 0 Å². The Morgan fingerprint density at radius 1 is 1.21 bits per heavy atom. The Balaban J connectivity index is 1.84. The number of hydrogen-bond acceptors (Lipinski definition) is 5. The lowest BCUT2D eigenvalue weighted by Crippen LogP contribution is -2.33. The van der Waals surface area contributed by atoms with Gasteiger partial charge in [-0.25, -0.2) is 21.2 Å². The molecule has 1 aromatic rings. The number of nitrogens with two attached hydrogens (primary N) is 1. The molecule has 1 aliphatic heterocycles. The predicted molar refractivity (Wildman–Crippen MR) is 87.8 cm³/mol. The molecule has 2 aliphatic rings. The molecule has 1 saturated carbocycles. The van der Waals surface area contributed by atoms with Crippen LogP contribution in [0.15, 0.2) is 23.1 Å². The highest BCUT2D eigenvalue weighted by atomic mass is 32.2. The molecular weight excluding hydrogens is 357 g/mol. The Bertz CT molecular complexity index is 857. The first-order valence-electron chi connectivity index (χ1n) is 7.61. The van der Waals surface area contributed by atoms with Crippen LogP contribution in [0.2, 0.25) is 0 Å². The number of hydrogen-bond donors (Lipinski definition) is 2. The van der Waals surface area contributed by atoms with Gasteiger partial charge >= 0.3 is 0 Å². The number of halogens is 1. The first-order chi connectivity index (χ1) is 11.1. The predicted octanol–water partition coefficient (Wildman–Crippen LogP) is 0.555. The van der Waals surface area contributed by atoms with E-state index in [0.717, 1.165) is 31.2 Å². The third-order valence-electron chi connectivity index (χ3n) is 4.75. The lowest BCUT2D eigenvalue weighted by Gasteiger charge is -2.19. The van der Waals surface area contributed by atoms with Gasteiger partial charge in [-0.1, -0.05) is 0 Å². The Hall–Kier alpha value is -1.23. The highest BCUT2D eigenvalue weighted by Crippen LogP contribution is 2.39. The summed E-state index contributed by atoms with van der Waals surface area (Å²) >= 11 is 0. The zero-order chi connectivity index (χ0) is 17.7. The SMILES string of the molecule is CS(=O)(=O)Nc1ccc(S(=O)(=O)N2CC3CCC(N)C3C2)cc1F. The highest BCUT2D eigenvalue weighted by molar-refractivity contribution is 7.92. The number of benzene rings is 1. The van der Waals surface area contributed by atoms with Gasteiger partial charge in [-0.2, -0.15) is 4.31 Å². The average Bonchev–Trinajstić information content (AvgIpc) is 3.03. The van der Waals surface area contributed by atoms with Crippen molar-refractivity contribution in [1.82, 2.24) is 4.31 Å². The van der Waals surface area contributed by atoms with E-state index in [9.17, 15) is 21.2 Å². The lowest BCUT2D eigenvalue weighted by molar-refractivity contribution is 0.426. The van der Waals surface area contributed by atoms with Crippen LogP contribution in [0.5, 0.6) is 0 Å². The van der Waals surface area contributed by atoms with Crippen molar-refractivity contribution in [2.45, 2.75) is 23.8 Å². The molecule has 10 heteroatoms. The van der Waals surface area contributed by atoms with Crippen LogP contribution in [-0.4, -0.2) is 46.5 Å². The van der Waals surface area contributed by atoms with E-state index in [1.54, 1.807) is 0 Å². The second kappa shape index (κ2) is 5.94. The van der Waals surface area contributed by atoms with E-state index in [0.29, 0.717) is 13.1 Å². The summed E-state index contributed by atoms with van der Waals surface area (Å²) in [4.78, 5) is -0.187. The zero-order valence-electron chi connectivity index (χ0n) is 13.1. The van der Waals surface area contributed by atoms with Crippen LogP contribution in [0.3, 0.4) is 0 Å². The van der Waals surface area contributed by atoms with Gasteiger partial charge < -0.3 is 5.73 Å². The maximum atomic E-state index is 14.1. The Labute approximate surface area is 141 Å². The van der Waals surface area contributed by atoms with Gasteiger partial charge in [-0.3, -0.25) is 4.72 Å². The van der Waals surface area contributed by atoms with Gasteiger partial charge in [0.05, 0.1) is 16.8 Å². The van der Waals surface area contributed by atoms with Crippen molar-refractivity contribution < 1.29 is 21.2 Å². The summed E-state index contributed by atoms with van der Waals surface area (Å²) in [7, 11) is -7.47. The van der Waals surface area contributed by atoms with Crippen LogP contribution in [0.4, 0.5) is 10.1 Å². The molecule has 0 spiro atoms. The summed E-state index contributed by atoms with van der Waals surface area (Å²) in [6.45, 7) is 0.741. The minimum atomic E-state index is -3.83. The highest BCUT2D eigenvalue weighted by Gasteiger charge is 2.45. The maximum Gasteiger partial charge on any atom is 0.243 e. The molecule has 0 bridgehead atoms. The fourth-order valence-electron chi connectivity index (χ4n) is 3.55. The number of fused-ring (bicyclic) bond motifs is 1. The molecule has 24 heavy (non-hydrogen) atoms. The van der Waals surface area contributed by atoms with Crippen LogP contribution in [0.25, 0.3) is 0 Å². The van der Waals surface area contributed by atoms with Crippen molar-refractivity contribution in [3.8, 4) is 0 Å². The van der Waals surface area contributed by atoms with Crippen molar-refractivity contribution >= 4 is 25.7 Å². The molecule has 1 saturated heterocycles. The van der Waals surface area contributed by atoms with E-state index in [4.69, 9.17) is 5.73 Å². The van der Waals surface area contributed by atoms with Gasteiger partial charge in [-0.05, 0) is 42.9 Å². The summed E-state index contributed by atoms with van der Waals surface area (Å²) < 4.78 is 65.2. The number of sulfonamides is 2. The van der Waals surface area contributed by atoms with E-state index < -0.39 is 25.9 Å². The molecule has 1 aliphatic carbocycles. The fourth-order valence-corrected chi connectivity index (χ4v) is 5.66. The summed E-state index contributed by atoms with van der Waals surface area (Å²) in [6, 6.07) is 3.18. The van der Waals surface area contributed by atoms with E-state index in [1.165, 1.54) is 10.4 Å². The maximum absolute atomic E-state index is 14.1. The summed E-state index contributed by atoms with van der Waals surface area (Å²) in [6.07, 6.45) is 2.70. The monoisotopic (exact) mass is 377 g/mol. The van der Waals surface area contributed by atoms with Gasteiger partial charge in [0.1, 0.15) is 5.82 Å². The molecule has 0 radical (unpaired) electrons. The standard InChI is InChI=1S/C14H20FN3O4S2/c1-23(19,20)17-14-5-3-10(6-12(14)15)24(21,22)18-7-9-2-4-13(16)11(9)8-18/h3,5-6,9,11,13,17H,2,4,7-8,16H2,1H3. The van der Waals surface area contributed by atoms with E-state index in [2.05, 4.69) is 0 Å². The Morgan fingerprint density at radius 2 is 1.92 bits per heavy atom. The third kappa shape index (κ3) is 3.28. The van der Waals surface area contributed by atoms with Crippen molar-refractivity contribution in [2.24, 2.45) is 17.6 Å². The molecule has 3 N–H and O–H groups in total. The van der Waals surface area contributed by atoms with Crippen LogP contribution < -0.4 is 10.5 Å². The molecule has 3 rings (SSSR count). The number of anilines is 1. The molecule has 0 amide bonds. The first kappa shape index (κ1) is 17.6. The Morgan fingerprint density at radius 3 is 2.50 bits per heavy atom. The van der Waals surface area contributed by atoms with Crippen LogP contribution in [0, 0.1) is 17.7 Å². The molecule has 1 heterocycles. The second-order valence-electron chi connectivity index (χ2n) is 6.50. The minimum Gasteiger partial charge on any atom is -0.327 e. The number of rotatable bonds is 4. The molecular formula is C14H20FN3O4S2. The molecule has 134 valence electrons. The van der Waals surface area contributed by atoms with Crippen LogP contribution in [-0.2, 0) is 20.0 Å². The van der Waals surface area contributed by atoms with Gasteiger partial charge in [0.15, 0.2) is 0 Å². The first-order valence-corrected chi connectivity index (χ1v) is 10.9. The third-order valence-corrected chi connectivity index (χ3v) is 7.17. The molecule has 7 nitrogen and oxygen atoms in total. The van der Waals surface area contributed by atoms with E-state index >= 15 is 0 Å². The molecule has 0 aromatic heterocycles. The average molecular weight is 377 g/mol. The summed E-state index contributed by atoms with van der Waals surface area (Å²) in [5.41, 5.74) is 5.74. The zero-order valence-corrected chi connectivity index (χ0v) is 14.8. The smallest absolute Gasteiger partial charge is 0.243 e. The molecule has 1 aromatic carbocycles. The largest absolute Gasteiger partial charge is 0.327 e. The van der Waals surface area contributed by atoms with Crippen molar-refractivity contribution in [2.75, 3.05) is 24.1 Å². The minimum absolute atomic E-state index is 0.00766. The van der Waals surface area contributed by atoms with Crippen molar-refractivity contribution in [1.29, 1.82) is 0 Å². The summed E-state index contributed by atoms with van der Waals surface area (Å²) in [5.74, 6) is -0.529. The number of nitrogens with zero attached hydrogens (tertiary/aromatic N) is 1. The van der Waals surface area contributed by atoms with Crippen molar-refractivity contribution in [3.05, 3.63) is 24.0 Å². The topological polar surface area (TPSA) is 110 Å². The van der Waals surface area contributed by atoms with E-state index in [1.807, 2.05) is 4.72 Å². The van der Waals surface area contributed by atoms with E-state index in [-0.39, 0.29) is 28.5 Å². The molecule has 2 fully saturated rings. The van der Waals surface area contributed by atoms with Gasteiger partial charge in [0.25, 0.3) is 0 Å². The lowest BCUT2D eigenvalue weighted by atomic mass is 9.98. The summed E-state index contributed by atoms with van der Waals surface area (Å²) in [5, 5.41) is 0. The van der Waals surface area contributed by atoms with Gasteiger partial charge in [0.2, 0.25) is 20.0 Å². The second-order valence-corrected chi connectivity index (χ2v) is 10.2. The number of nitrogens with one attached hydrogen (secondary N) is 1. The quantitative estimate of drug-likeness (QED) is 0.797. The van der Waals surface area contributed by atoms with Crippen LogP contribution in [0.1, 0.15) is 12.8 Å². The fraction of sp³-hybridized carbons (Fsp3) is 0.571. The molecule has 3 unspecified atom stereocenters. The van der Waals surface area contributed by atoms with Crippen LogP contribution >= 0.6 is 0 Å². The normalized spacial score (nSPS) is 28.0.